The molecular formula is C24H19N5O4. The third-order valence-corrected chi connectivity index (χ3v) is 5.72. The summed E-state index contributed by atoms with van der Waals surface area (Å²) in [5.41, 5.74) is 4.60. The fraction of sp³-hybridized carbons (Fsp3) is 0.208. The summed E-state index contributed by atoms with van der Waals surface area (Å²) >= 11 is 0. The molecule has 1 aromatic carbocycles. The van der Waals surface area contributed by atoms with Gasteiger partial charge in [-0.15, -0.1) is 0 Å². The predicted octanol–water partition coefficient (Wildman–Crippen LogP) is 2.54. The van der Waals surface area contributed by atoms with E-state index in [-0.39, 0.29) is 24.3 Å². The van der Waals surface area contributed by atoms with Crippen molar-refractivity contribution in [3.63, 3.8) is 0 Å². The number of nitrogens with zero attached hydrogens (tertiary/aromatic N) is 5. The second-order valence-corrected chi connectivity index (χ2v) is 7.83. The van der Waals surface area contributed by atoms with Crippen molar-refractivity contribution in [1.29, 1.82) is 0 Å². The topological polar surface area (TPSA) is 101 Å². The van der Waals surface area contributed by atoms with E-state index in [1.54, 1.807) is 35.3 Å². The minimum Gasteiger partial charge on any atom is -0.478 e. The van der Waals surface area contributed by atoms with E-state index in [2.05, 4.69) is 26.0 Å². The highest BCUT2D eigenvalue weighted by Gasteiger charge is 2.24. The van der Waals surface area contributed by atoms with E-state index in [0.717, 1.165) is 34.4 Å². The Hall–Kier alpha value is -4.27. The molecule has 0 amide bonds. The van der Waals surface area contributed by atoms with Crippen LogP contribution in [0.1, 0.15) is 5.56 Å². The van der Waals surface area contributed by atoms with Crippen LogP contribution in [-0.4, -0.2) is 43.8 Å². The van der Waals surface area contributed by atoms with Crippen LogP contribution in [-0.2, 0) is 13.0 Å². The molecule has 3 aromatic heterocycles. The maximum Gasteiger partial charge on any atom is 0.351 e. The normalized spacial score (nSPS) is 15.9. The van der Waals surface area contributed by atoms with Crippen LogP contribution in [0.25, 0.3) is 22.4 Å². The van der Waals surface area contributed by atoms with E-state index >= 15 is 0 Å². The van der Waals surface area contributed by atoms with Crippen molar-refractivity contribution in [1.82, 2.24) is 24.5 Å². The van der Waals surface area contributed by atoms with Gasteiger partial charge in [-0.3, -0.25) is 4.57 Å². The number of pyridine rings is 1. The number of ether oxygens (including phenoxy) is 3. The van der Waals surface area contributed by atoms with E-state index in [9.17, 15) is 4.79 Å². The summed E-state index contributed by atoms with van der Waals surface area (Å²) in [6.45, 7) is 1.07. The molecule has 0 spiro atoms. The highest BCUT2D eigenvalue weighted by Crippen LogP contribution is 2.33. The summed E-state index contributed by atoms with van der Waals surface area (Å²) in [6, 6.07) is 11.5. The third-order valence-electron chi connectivity index (χ3n) is 5.72. The van der Waals surface area contributed by atoms with Gasteiger partial charge in [0, 0.05) is 42.3 Å². The summed E-state index contributed by atoms with van der Waals surface area (Å²) < 4.78 is 19.0. The summed E-state index contributed by atoms with van der Waals surface area (Å²) in [5, 5.41) is 0. The average molecular weight is 441 g/mol. The first-order chi connectivity index (χ1) is 16.2. The van der Waals surface area contributed by atoms with E-state index in [1.165, 1.54) is 6.33 Å². The van der Waals surface area contributed by atoms with Crippen molar-refractivity contribution >= 4 is 0 Å². The Balaban J connectivity index is 1.25. The summed E-state index contributed by atoms with van der Waals surface area (Å²) in [7, 11) is 0. The molecule has 0 saturated heterocycles. The first-order valence-corrected chi connectivity index (χ1v) is 10.6. The first kappa shape index (κ1) is 19.4. The number of aromatic nitrogens is 5. The van der Waals surface area contributed by atoms with Gasteiger partial charge in [0.2, 0.25) is 5.88 Å². The number of rotatable bonds is 4. The van der Waals surface area contributed by atoms with Crippen LogP contribution >= 0.6 is 0 Å². The van der Waals surface area contributed by atoms with Crippen LogP contribution < -0.4 is 19.9 Å². The second kappa shape index (κ2) is 8.01. The smallest absolute Gasteiger partial charge is 0.351 e. The quantitative estimate of drug-likeness (QED) is 0.476. The first-order valence-electron chi connectivity index (χ1n) is 10.6. The van der Waals surface area contributed by atoms with Crippen molar-refractivity contribution in [3.8, 4) is 39.9 Å². The number of benzene rings is 1. The molecule has 9 nitrogen and oxygen atoms in total. The zero-order valence-corrected chi connectivity index (χ0v) is 17.5. The Kier molecular flexibility index (Phi) is 4.71. The molecular weight excluding hydrogens is 422 g/mol. The molecule has 6 rings (SSSR count). The summed E-state index contributed by atoms with van der Waals surface area (Å²) in [4.78, 5) is 29.1. The minimum atomic E-state index is -0.330. The molecule has 0 fully saturated rings. The van der Waals surface area contributed by atoms with E-state index < -0.39 is 0 Å². The molecule has 0 aliphatic carbocycles. The van der Waals surface area contributed by atoms with Gasteiger partial charge in [0.15, 0.2) is 11.9 Å². The van der Waals surface area contributed by atoms with Gasteiger partial charge in [0.05, 0.1) is 5.69 Å². The molecule has 0 radical (unpaired) electrons. The van der Waals surface area contributed by atoms with E-state index in [0.29, 0.717) is 24.8 Å². The zero-order valence-electron chi connectivity index (χ0n) is 17.5. The van der Waals surface area contributed by atoms with Crippen LogP contribution in [0.4, 0.5) is 0 Å². The van der Waals surface area contributed by atoms with Gasteiger partial charge in [-0.25, -0.2) is 19.7 Å². The predicted molar refractivity (Wildman–Crippen MR) is 118 cm³/mol. The van der Waals surface area contributed by atoms with Gasteiger partial charge in [-0.2, -0.15) is 4.98 Å². The van der Waals surface area contributed by atoms with Gasteiger partial charge in [0.1, 0.15) is 19.5 Å². The second-order valence-electron chi connectivity index (χ2n) is 7.83. The standard InChI is InChI=1S/C24H19N5O4/c30-24-28-22(31-12-18-13-32-23-21(33-18)2-1-6-27-23)9-20-19-4-3-15(17-10-25-14-26-11-17)8-16(19)5-7-29(20)24/h1-4,6,8-11,14,18H,5,7,12-13H2. The van der Waals surface area contributed by atoms with Gasteiger partial charge >= 0.3 is 5.69 Å². The molecule has 2 aliphatic rings. The van der Waals surface area contributed by atoms with Crippen LogP contribution in [0, 0.1) is 0 Å². The van der Waals surface area contributed by atoms with Crippen LogP contribution in [0.3, 0.4) is 0 Å². The minimum absolute atomic E-state index is 0.198. The van der Waals surface area contributed by atoms with E-state index in [4.69, 9.17) is 14.2 Å². The number of hydrogen-bond donors (Lipinski definition) is 0. The summed E-state index contributed by atoms with van der Waals surface area (Å²) in [6.07, 6.45) is 7.16. The van der Waals surface area contributed by atoms with E-state index in [1.807, 2.05) is 18.2 Å². The largest absolute Gasteiger partial charge is 0.478 e. The van der Waals surface area contributed by atoms with Crippen molar-refractivity contribution in [3.05, 3.63) is 77.4 Å². The van der Waals surface area contributed by atoms with Crippen molar-refractivity contribution in [2.45, 2.75) is 19.1 Å². The Morgan fingerprint density at radius 2 is 2.03 bits per heavy atom. The molecule has 1 atom stereocenters. The van der Waals surface area contributed by atoms with Gasteiger partial charge in [-0.1, -0.05) is 18.2 Å². The maximum atomic E-state index is 12.7. The molecule has 4 aromatic rings. The maximum absolute atomic E-state index is 12.7. The van der Waals surface area contributed by atoms with Gasteiger partial charge < -0.3 is 14.2 Å². The van der Waals surface area contributed by atoms with Crippen molar-refractivity contribution in [2.24, 2.45) is 0 Å². The Labute approximate surface area is 188 Å². The highest BCUT2D eigenvalue weighted by molar-refractivity contribution is 5.72. The lowest BCUT2D eigenvalue weighted by molar-refractivity contribution is 0.0486. The average Bonchev–Trinajstić information content (AvgIpc) is 2.87. The lowest BCUT2D eigenvalue weighted by Crippen LogP contribution is -2.35. The molecule has 0 bridgehead atoms. The lowest BCUT2D eigenvalue weighted by atomic mass is 9.94. The highest BCUT2D eigenvalue weighted by atomic mass is 16.6. The van der Waals surface area contributed by atoms with Crippen molar-refractivity contribution in [2.75, 3.05) is 13.2 Å². The Morgan fingerprint density at radius 1 is 1.12 bits per heavy atom. The van der Waals surface area contributed by atoms with Crippen molar-refractivity contribution < 1.29 is 14.2 Å². The van der Waals surface area contributed by atoms with Gasteiger partial charge in [0.25, 0.3) is 5.88 Å². The summed E-state index contributed by atoms with van der Waals surface area (Å²) in [5.74, 6) is 1.31. The van der Waals surface area contributed by atoms with Gasteiger partial charge in [-0.05, 0) is 29.7 Å². The van der Waals surface area contributed by atoms with Crippen LogP contribution in [0.5, 0.6) is 17.5 Å². The number of hydrogen-bond acceptors (Lipinski definition) is 8. The molecule has 0 N–H and O–H groups in total. The number of aryl methyl sites for hydroxylation is 1. The van der Waals surface area contributed by atoms with Crippen LogP contribution in [0.15, 0.2) is 66.1 Å². The molecule has 1 unspecified atom stereocenters. The number of fused-ring (bicyclic) bond motifs is 4. The monoisotopic (exact) mass is 441 g/mol. The molecule has 5 heterocycles. The SMILES string of the molecule is O=c1nc(OCC2COc3ncccc3O2)cc2n1CCc1cc(-c3cncnc3)ccc1-2. The molecule has 9 heteroatoms. The lowest BCUT2D eigenvalue weighted by Gasteiger charge is -2.26. The zero-order chi connectivity index (χ0) is 22.2. The van der Waals surface area contributed by atoms with Crippen LogP contribution in [0.2, 0.25) is 0 Å². The Morgan fingerprint density at radius 3 is 2.94 bits per heavy atom. The Bertz CT molecular complexity index is 1390. The molecule has 0 saturated carbocycles. The third kappa shape index (κ3) is 3.67. The fourth-order valence-electron chi connectivity index (χ4n) is 4.13. The molecule has 33 heavy (non-hydrogen) atoms. The fourth-order valence-corrected chi connectivity index (χ4v) is 4.13. The molecule has 164 valence electrons. The molecule has 2 aliphatic heterocycles.